The van der Waals surface area contributed by atoms with Gasteiger partial charge in [-0.15, -0.1) is 0 Å². The molecule has 3 heterocycles. The number of para-hydroxylation sites is 1. The number of fused-ring (bicyclic) bond motifs is 1. The van der Waals surface area contributed by atoms with Crippen molar-refractivity contribution in [1.82, 2.24) is 19.4 Å². The van der Waals surface area contributed by atoms with Crippen molar-refractivity contribution in [2.45, 2.75) is 38.3 Å². The molecular weight excluding hydrogens is 340 g/mol. The van der Waals surface area contributed by atoms with Gasteiger partial charge in [-0.05, 0) is 38.6 Å². The zero-order valence-electron chi connectivity index (χ0n) is 16.2. The van der Waals surface area contributed by atoms with Crippen molar-refractivity contribution in [3.63, 3.8) is 0 Å². The monoisotopic (exact) mass is 368 g/mol. The van der Waals surface area contributed by atoms with Crippen LogP contribution in [0, 0.1) is 0 Å². The molecule has 1 saturated heterocycles. The minimum Gasteiger partial charge on any atom is -0.496 e. The second-order valence-electron chi connectivity index (χ2n) is 7.48. The van der Waals surface area contributed by atoms with E-state index in [2.05, 4.69) is 27.6 Å². The van der Waals surface area contributed by atoms with E-state index in [-0.39, 0.29) is 11.9 Å². The molecule has 1 aromatic carbocycles. The van der Waals surface area contributed by atoms with Crippen LogP contribution in [-0.4, -0.2) is 65.1 Å². The molecule has 2 aliphatic rings. The van der Waals surface area contributed by atoms with Crippen LogP contribution in [0.1, 0.15) is 25.1 Å². The van der Waals surface area contributed by atoms with E-state index in [1.54, 1.807) is 7.11 Å². The fourth-order valence-electron chi connectivity index (χ4n) is 4.32. The van der Waals surface area contributed by atoms with Gasteiger partial charge in [-0.3, -0.25) is 9.69 Å². The number of methoxy groups -OCH3 is 1. The fourth-order valence-corrected chi connectivity index (χ4v) is 4.32. The third-order valence-corrected chi connectivity index (χ3v) is 5.89. The molecule has 0 saturated carbocycles. The van der Waals surface area contributed by atoms with Gasteiger partial charge in [0.05, 0.1) is 25.0 Å². The molecule has 1 fully saturated rings. The number of nitrogens with zero attached hydrogens (tertiary/aromatic N) is 4. The zero-order chi connectivity index (χ0) is 18.8. The van der Waals surface area contributed by atoms with E-state index in [1.165, 1.54) is 6.42 Å². The Bertz CT molecular complexity index is 816. The summed E-state index contributed by atoms with van der Waals surface area (Å²) in [4.78, 5) is 22.0. The van der Waals surface area contributed by atoms with Crippen molar-refractivity contribution in [3.05, 3.63) is 36.3 Å². The number of rotatable bonds is 3. The summed E-state index contributed by atoms with van der Waals surface area (Å²) in [5.74, 6) is 2.17. The number of hydrogen-bond donors (Lipinski definition) is 0. The third kappa shape index (κ3) is 3.46. The molecule has 6 nitrogen and oxygen atoms in total. The maximum Gasteiger partial charge on any atom is 0.239 e. The minimum atomic E-state index is 0.0397. The van der Waals surface area contributed by atoms with Crippen LogP contribution in [0.3, 0.4) is 0 Å². The quantitative estimate of drug-likeness (QED) is 0.835. The summed E-state index contributed by atoms with van der Waals surface area (Å²) in [6.45, 7) is 3.26. The average Bonchev–Trinajstić information content (AvgIpc) is 2.98. The van der Waals surface area contributed by atoms with Crippen LogP contribution in [0.4, 0.5) is 0 Å². The van der Waals surface area contributed by atoms with Crippen LogP contribution in [-0.2, 0) is 17.8 Å². The number of carbonyl (C=O) groups is 1. The number of piperidine rings is 1. The first-order valence-corrected chi connectivity index (χ1v) is 9.86. The summed E-state index contributed by atoms with van der Waals surface area (Å²) < 4.78 is 7.78. The molecule has 1 amide bonds. The van der Waals surface area contributed by atoms with Gasteiger partial charge in [-0.1, -0.05) is 18.6 Å². The number of benzene rings is 1. The van der Waals surface area contributed by atoms with E-state index in [0.29, 0.717) is 0 Å². The molecule has 27 heavy (non-hydrogen) atoms. The Kier molecular flexibility index (Phi) is 5.16. The Hall–Kier alpha value is -2.34. The molecular formula is C21H28N4O2. The van der Waals surface area contributed by atoms with Crippen molar-refractivity contribution in [1.29, 1.82) is 0 Å². The number of amides is 1. The predicted octanol–water partition coefficient (Wildman–Crippen LogP) is 2.43. The normalized spacial score (nSPS) is 20.8. The fraction of sp³-hybridized carbons (Fsp3) is 0.524. The number of imidazole rings is 1. The average molecular weight is 368 g/mol. The van der Waals surface area contributed by atoms with Crippen molar-refractivity contribution in [3.8, 4) is 17.0 Å². The first kappa shape index (κ1) is 18.0. The maximum atomic E-state index is 13.1. The van der Waals surface area contributed by atoms with Gasteiger partial charge in [-0.2, -0.15) is 0 Å². The second-order valence-corrected chi connectivity index (χ2v) is 7.48. The lowest BCUT2D eigenvalue weighted by molar-refractivity contribution is -0.137. The highest BCUT2D eigenvalue weighted by Gasteiger charge is 2.31. The lowest BCUT2D eigenvalue weighted by Gasteiger charge is -2.35. The van der Waals surface area contributed by atoms with E-state index >= 15 is 0 Å². The molecule has 0 radical (unpaired) electrons. The van der Waals surface area contributed by atoms with E-state index in [0.717, 1.165) is 68.3 Å². The number of aromatic nitrogens is 2. The highest BCUT2D eigenvalue weighted by atomic mass is 16.5. The Morgan fingerprint density at radius 1 is 1.15 bits per heavy atom. The predicted molar refractivity (Wildman–Crippen MR) is 105 cm³/mol. The van der Waals surface area contributed by atoms with Crippen LogP contribution in [0.25, 0.3) is 11.3 Å². The first-order valence-electron chi connectivity index (χ1n) is 9.86. The lowest BCUT2D eigenvalue weighted by Crippen LogP contribution is -2.50. The third-order valence-electron chi connectivity index (χ3n) is 5.89. The molecule has 2 aromatic rings. The van der Waals surface area contributed by atoms with Crippen LogP contribution < -0.4 is 4.74 Å². The second kappa shape index (κ2) is 7.72. The molecule has 0 N–H and O–H groups in total. The van der Waals surface area contributed by atoms with Crippen molar-refractivity contribution in [2.75, 3.05) is 33.8 Å². The van der Waals surface area contributed by atoms with E-state index < -0.39 is 0 Å². The molecule has 1 aromatic heterocycles. The van der Waals surface area contributed by atoms with Gasteiger partial charge in [0.15, 0.2) is 0 Å². The number of hydrogen-bond acceptors (Lipinski definition) is 4. The summed E-state index contributed by atoms with van der Waals surface area (Å²) in [7, 11) is 3.77. The SMILES string of the molecule is COc1ccccc1-c1cnc2n1CCN(C(=O)[C@H]1CCCCN1C)CC2. The maximum absolute atomic E-state index is 13.1. The number of ether oxygens (including phenoxy) is 1. The summed E-state index contributed by atoms with van der Waals surface area (Å²) in [5.41, 5.74) is 2.11. The van der Waals surface area contributed by atoms with E-state index in [9.17, 15) is 4.79 Å². The Balaban J connectivity index is 1.54. The molecule has 1 atom stereocenters. The molecule has 0 aliphatic carbocycles. The van der Waals surface area contributed by atoms with Crippen LogP contribution in [0.5, 0.6) is 5.75 Å². The largest absolute Gasteiger partial charge is 0.496 e. The smallest absolute Gasteiger partial charge is 0.239 e. The van der Waals surface area contributed by atoms with Gasteiger partial charge >= 0.3 is 0 Å². The number of likely N-dealkylation sites (N-methyl/N-ethyl adjacent to an activating group) is 1. The standard InChI is InChI=1S/C21H28N4O2/c1-23-11-6-5-8-17(23)21(26)24-12-10-20-22-15-18(25(20)14-13-24)16-7-3-4-9-19(16)27-2/h3-4,7,9,15,17H,5-6,8,10-14H2,1-2H3/t17-/m1/s1. The van der Waals surface area contributed by atoms with Crippen molar-refractivity contribution >= 4 is 5.91 Å². The molecule has 6 heteroatoms. The van der Waals surface area contributed by atoms with Gasteiger partial charge in [0, 0.05) is 31.6 Å². The molecule has 0 unspecified atom stereocenters. The van der Waals surface area contributed by atoms with Crippen LogP contribution in [0.2, 0.25) is 0 Å². The van der Waals surface area contributed by atoms with Gasteiger partial charge in [0.2, 0.25) is 5.91 Å². The summed E-state index contributed by atoms with van der Waals surface area (Å²) in [5, 5.41) is 0. The first-order chi connectivity index (χ1) is 13.2. The molecule has 4 rings (SSSR count). The zero-order valence-corrected chi connectivity index (χ0v) is 16.2. The summed E-state index contributed by atoms with van der Waals surface area (Å²) in [6, 6.07) is 8.07. The number of carbonyl (C=O) groups excluding carboxylic acids is 1. The van der Waals surface area contributed by atoms with Crippen molar-refractivity contribution < 1.29 is 9.53 Å². The molecule has 0 spiro atoms. The van der Waals surface area contributed by atoms with Crippen LogP contribution >= 0.6 is 0 Å². The van der Waals surface area contributed by atoms with Gasteiger partial charge in [0.25, 0.3) is 0 Å². The van der Waals surface area contributed by atoms with Crippen LogP contribution in [0.15, 0.2) is 30.5 Å². The van der Waals surface area contributed by atoms with E-state index in [4.69, 9.17) is 4.74 Å². The minimum absolute atomic E-state index is 0.0397. The summed E-state index contributed by atoms with van der Waals surface area (Å²) >= 11 is 0. The molecule has 0 bridgehead atoms. The lowest BCUT2D eigenvalue weighted by atomic mass is 10.0. The highest BCUT2D eigenvalue weighted by molar-refractivity contribution is 5.82. The summed E-state index contributed by atoms with van der Waals surface area (Å²) in [6.07, 6.45) is 6.03. The number of likely N-dealkylation sites (tertiary alicyclic amines) is 1. The van der Waals surface area contributed by atoms with Gasteiger partial charge < -0.3 is 14.2 Å². The molecule has 2 aliphatic heterocycles. The Morgan fingerprint density at radius 2 is 2.00 bits per heavy atom. The van der Waals surface area contributed by atoms with Gasteiger partial charge in [0.1, 0.15) is 11.6 Å². The molecule has 144 valence electrons. The van der Waals surface area contributed by atoms with E-state index in [1.807, 2.05) is 29.3 Å². The topological polar surface area (TPSA) is 50.6 Å². The highest BCUT2D eigenvalue weighted by Crippen LogP contribution is 2.31. The Morgan fingerprint density at radius 3 is 2.81 bits per heavy atom. The van der Waals surface area contributed by atoms with Crippen molar-refractivity contribution in [2.24, 2.45) is 0 Å². The Labute approximate surface area is 160 Å². The van der Waals surface area contributed by atoms with Gasteiger partial charge in [-0.25, -0.2) is 4.98 Å².